The number of esters is 1. The molecule has 10 heteroatoms. The van der Waals surface area contributed by atoms with Crippen molar-refractivity contribution in [2.75, 3.05) is 13.7 Å². The molecule has 0 N–H and O–H groups in total. The molecule has 2 aromatic carbocycles. The highest BCUT2D eigenvalue weighted by atomic mass is 35.5. The lowest BCUT2D eigenvalue weighted by Gasteiger charge is -2.24. The van der Waals surface area contributed by atoms with Crippen LogP contribution >= 0.6 is 34.5 Å². The Bertz CT molecular complexity index is 1750. The highest BCUT2D eigenvalue weighted by molar-refractivity contribution is 7.07. The Morgan fingerprint density at radius 1 is 1.16 bits per heavy atom. The SMILES string of the molecule is CCOC(=O)C1=C(C)N=c2s/c(=C\c3ccc(-c4cc(Cl)ccc4Cl)o3)c(=O)n2C1c1ccc(OC)cc1. The lowest BCUT2D eigenvalue weighted by atomic mass is 9.96. The zero-order valence-corrected chi connectivity index (χ0v) is 23.0. The van der Waals surface area contributed by atoms with E-state index in [0.717, 1.165) is 5.56 Å². The standard InChI is InChI=1S/C28H22Cl2N2O5S/c1-4-36-27(34)24-15(2)31-28-32(25(24)16-5-8-18(35-3)9-6-16)26(33)23(38-28)14-19-10-12-22(37-19)20-13-17(29)7-11-21(20)30/h5-14,25H,4H2,1-3H3/b23-14-. The maximum Gasteiger partial charge on any atom is 0.338 e. The molecule has 0 fully saturated rings. The highest BCUT2D eigenvalue weighted by Crippen LogP contribution is 2.33. The van der Waals surface area contributed by atoms with Gasteiger partial charge in [0, 0.05) is 16.7 Å². The summed E-state index contributed by atoms with van der Waals surface area (Å²) >= 11 is 13.7. The Morgan fingerprint density at radius 2 is 1.92 bits per heavy atom. The maximum atomic E-state index is 13.7. The number of hydrogen-bond donors (Lipinski definition) is 0. The minimum atomic E-state index is -0.712. The number of benzene rings is 2. The molecule has 0 bridgehead atoms. The summed E-state index contributed by atoms with van der Waals surface area (Å²) in [6.45, 7) is 3.68. The average molecular weight is 569 g/mol. The minimum Gasteiger partial charge on any atom is -0.497 e. The van der Waals surface area contributed by atoms with E-state index in [-0.39, 0.29) is 12.2 Å². The Balaban J connectivity index is 1.64. The molecule has 0 amide bonds. The first-order chi connectivity index (χ1) is 18.3. The molecule has 1 aliphatic heterocycles. The second-order valence-corrected chi connectivity index (χ2v) is 10.3. The number of aromatic nitrogens is 1. The highest BCUT2D eigenvalue weighted by Gasteiger charge is 2.33. The van der Waals surface area contributed by atoms with Gasteiger partial charge in [-0.3, -0.25) is 9.36 Å². The predicted molar refractivity (Wildman–Crippen MR) is 148 cm³/mol. The van der Waals surface area contributed by atoms with E-state index in [2.05, 4.69) is 4.99 Å². The van der Waals surface area contributed by atoms with E-state index in [4.69, 9.17) is 37.1 Å². The molecular formula is C28H22Cl2N2O5S. The van der Waals surface area contributed by atoms with Crippen LogP contribution in [-0.2, 0) is 9.53 Å². The molecule has 5 rings (SSSR count). The van der Waals surface area contributed by atoms with Gasteiger partial charge in [0.2, 0.25) is 0 Å². The number of halogens is 2. The zero-order valence-electron chi connectivity index (χ0n) is 20.7. The van der Waals surface area contributed by atoms with Crippen LogP contribution < -0.4 is 19.6 Å². The van der Waals surface area contributed by atoms with Crippen LogP contribution in [0.1, 0.15) is 31.2 Å². The molecule has 2 aromatic heterocycles. The monoisotopic (exact) mass is 568 g/mol. The van der Waals surface area contributed by atoms with Gasteiger partial charge in [-0.2, -0.15) is 0 Å². The number of furan rings is 1. The molecule has 1 aliphatic rings. The molecule has 0 aliphatic carbocycles. The van der Waals surface area contributed by atoms with Crippen molar-refractivity contribution < 1.29 is 18.7 Å². The zero-order chi connectivity index (χ0) is 27.0. The van der Waals surface area contributed by atoms with Gasteiger partial charge in [-0.1, -0.05) is 46.7 Å². The second-order valence-electron chi connectivity index (χ2n) is 8.40. The minimum absolute atomic E-state index is 0.201. The number of thiazole rings is 1. The van der Waals surface area contributed by atoms with Crippen LogP contribution in [-0.4, -0.2) is 24.3 Å². The Morgan fingerprint density at radius 3 is 2.63 bits per heavy atom. The van der Waals surface area contributed by atoms with E-state index in [0.29, 0.717) is 53.5 Å². The summed E-state index contributed by atoms with van der Waals surface area (Å²) in [5.74, 6) is 1.13. The van der Waals surface area contributed by atoms with Gasteiger partial charge in [-0.15, -0.1) is 0 Å². The summed E-state index contributed by atoms with van der Waals surface area (Å²) in [4.78, 5) is 31.8. The predicted octanol–water partition coefficient (Wildman–Crippen LogP) is 5.37. The fourth-order valence-electron chi connectivity index (χ4n) is 4.28. The van der Waals surface area contributed by atoms with Crippen LogP contribution in [0.3, 0.4) is 0 Å². The van der Waals surface area contributed by atoms with E-state index in [1.165, 1.54) is 15.9 Å². The number of carbonyl (C=O) groups excluding carboxylic acids is 1. The van der Waals surface area contributed by atoms with Gasteiger partial charge >= 0.3 is 5.97 Å². The van der Waals surface area contributed by atoms with Gasteiger partial charge < -0.3 is 13.9 Å². The van der Waals surface area contributed by atoms with E-state index in [1.54, 1.807) is 69.5 Å². The quantitative estimate of drug-likeness (QED) is 0.292. The van der Waals surface area contributed by atoms with Crippen molar-refractivity contribution in [1.29, 1.82) is 0 Å². The van der Waals surface area contributed by atoms with Gasteiger partial charge in [0.15, 0.2) is 4.80 Å². The normalized spacial score (nSPS) is 15.3. The molecule has 1 atom stereocenters. The molecule has 194 valence electrons. The number of ether oxygens (including phenoxy) is 2. The molecule has 3 heterocycles. The lowest BCUT2D eigenvalue weighted by Crippen LogP contribution is -2.39. The number of nitrogens with zero attached hydrogens (tertiary/aromatic N) is 2. The van der Waals surface area contributed by atoms with Crippen LogP contribution in [0.25, 0.3) is 17.4 Å². The molecule has 0 spiro atoms. The molecule has 1 unspecified atom stereocenters. The van der Waals surface area contributed by atoms with Crippen molar-refractivity contribution in [2.45, 2.75) is 19.9 Å². The first-order valence-corrected chi connectivity index (χ1v) is 13.3. The van der Waals surface area contributed by atoms with E-state index >= 15 is 0 Å². The second kappa shape index (κ2) is 10.6. The Hall–Kier alpha value is -3.59. The summed E-state index contributed by atoms with van der Waals surface area (Å²) in [5, 5.41) is 1.03. The molecule has 0 saturated carbocycles. The number of hydrogen-bond acceptors (Lipinski definition) is 7. The van der Waals surface area contributed by atoms with Crippen molar-refractivity contribution >= 4 is 46.6 Å². The average Bonchev–Trinajstić information content (AvgIpc) is 3.49. The van der Waals surface area contributed by atoms with Gasteiger partial charge in [-0.05, 0) is 61.9 Å². The van der Waals surface area contributed by atoms with Gasteiger partial charge in [0.05, 0.1) is 40.6 Å². The van der Waals surface area contributed by atoms with Crippen LogP contribution in [0.4, 0.5) is 0 Å². The van der Waals surface area contributed by atoms with Crippen LogP contribution in [0, 0.1) is 0 Å². The summed E-state index contributed by atoms with van der Waals surface area (Å²) in [6.07, 6.45) is 1.65. The lowest BCUT2D eigenvalue weighted by molar-refractivity contribution is -0.139. The van der Waals surface area contributed by atoms with E-state index in [1.807, 2.05) is 12.1 Å². The summed E-state index contributed by atoms with van der Waals surface area (Å²) < 4.78 is 18.5. The molecule has 7 nitrogen and oxygen atoms in total. The fraction of sp³-hybridized carbons (Fsp3) is 0.179. The third kappa shape index (κ3) is 4.82. The van der Waals surface area contributed by atoms with Crippen LogP contribution in [0.2, 0.25) is 10.0 Å². The topological polar surface area (TPSA) is 83.0 Å². The van der Waals surface area contributed by atoms with Gasteiger partial charge in [0.25, 0.3) is 5.56 Å². The Kier molecular flexibility index (Phi) is 7.29. The molecular weight excluding hydrogens is 547 g/mol. The summed E-state index contributed by atoms with van der Waals surface area (Å²) in [6, 6.07) is 15.1. The van der Waals surface area contributed by atoms with Crippen molar-refractivity contribution in [1.82, 2.24) is 4.57 Å². The number of fused-ring (bicyclic) bond motifs is 1. The largest absolute Gasteiger partial charge is 0.497 e. The van der Waals surface area contributed by atoms with Gasteiger partial charge in [-0.25, -0.2) is 9.79 Å². The van der Waals surface area contributed by atoms with Gasteiger partial charge in [0.1, 0.15) is 17.3 Å². The van der Waals surface area contributed by atoms with Crippen molar-refractivity contribution in [3.63, 3.8) is 0 Å². The first-order valence-electron chi connectivity index (χ1n) is 11.7. The van der Waals surface area contributed by atoms with Crippen LogP contribution in [0.5, 0.6) is 5.75 Å². The molecule has 0 radical (unpaired) electrons. The Labute approximate surface area is 231 Å². The number of carbonyl (C=O) groups is 1. The molecule has 0 saturated heterocycles. The first kappa shape index (κ1) is 26.0. The summed E-state index contributed by atoms with van der Waals surface area (Å²) in [5.41, 5.74) is 1.88. The van der Waals surface area contributed by atoms with Crippen molar-refractivity contribution in [3.05, 3.63) is 107 Å². The van der Waals surface area contributed by atoms with E-state index < -0.39 is 12.0 Å². The van der Waals surface area contributed by atoms with Crippen molar-refractivity contribution in [3.8, 4) is 17.1 Å². The molecule has 38 heavy (non-hydrogen) atoms. The fourth-order valence-corrected chi connectivity index (χ4v) is 5.69. The number of rotatable bonds is 6. The van der Waals surface area contributed by atoms with E-state index in [9.17, 15) is 9.59 Å². The number of allylic oxidation sites excluding steroid dienone is 1. The van der Waals surface area contributed by atoms with Crippen molar-refractivity contribution in [2.24, 2.45) is 4.99 Å². The van der Waals surface area contributed by atoms with Crippen LogP contribution in [0.15, 0.2) is 80.1 Å². The number of methoxy groups -OCH3 is 1. The third-order valence-electron chi connectivity index (χ3n) is 6.04. The summed E-state index contributed by atoms with van der Waals surface area (Å²) in [7, 11) is 1.58. The third-order valence-corrected chi connectivity index (χ3v) is 7.59. The smallest absolute Gasteiger partial charge is 0.338 e. The maximum absolute atomic E-state index is 13.7. The molecule has 4 aromatic rings.